The van der Waals surface area contributed by atoms with Crippen LogP contribution in [0.25, 0.3) is 5.65 Å². The summed E-state index contributed by atoms with van der Waals surface area (Å²) in [6, 6.07) is 3.55. The molecule has 0 spiro atoms. The van der Waals surface area contributed by atoms with Crippen LogP contribution >= 0.6 is 0 Å². The van der Waals surface area contributed by atoms with E-state index in [1.54, 1.807) is 43.6 Å². The summed E-state index contributed by atoms with van der Waals surface area (Å²) in [5, 5.41) is 12.1. The molecule has 0 N–H and O–H groups in total. The highest BCUT2D eigenvalue weighted by Crippen LogP contribution is 2.22. The number of hydrogen-bond donors (Lipinski definition) is 0. The van der Waals surface area contributed by atoms with Crippen LogP contribution in [-0.4, -0.2) is 32.4 Å². The van der Waals surface area contributed by atoms with Gasteiger partial charge in [0.2, 0.25) is 0 Å². The maximum absolute atomic E-state index is 11.9. The van der Waals surface area contributed by atoms with E-state index in [9.17, 15) is 4.79 Å². The van der Waals surface area contributed by atoms with Crippen molar-refractivity contribution >= 4 is 11.6 Å². The van der Waals surface area contributed by atoms with Crippen LogP contribution in [0.5, 0.6) is 0 Å². The molecule has 0 aliphatic heterocycles. The number of esters is 1. The van der Waals surface area contributed by atoms with E-state index in [0.29, 0.717) is 18.1 Å². The second kappa shape index (κ2) is 4.12. The first kappa shape index (κ1) is 11.5. The third-order valence-electron chi connectivity index (χ3n) is 2.52. The van der Waals surface area contributed by atoms with E-state index >= 15 is 0 Å². The molecular weight excluding hydrogens is 220 g/mol. The van der Waals surface area contributed by atoms with Crippen molar-refractivity contribution in [2.45, 2.75) is 26.2 Å². The van der Waals surface area contributed by atoms with Crippen molar-refractivity contribution in [2.24, 2.45) is 0 Å². The highest BCUT2D eigenvalue weighted by molar-refractivity contribution is 5.81. The maximum atomic E-state index is 11.9. The molecule has 2 heterocycles. The zero-order valence-electron chi connectivity index (χ0n) is 10.0. The van der Waals surface area contributed by atoms with Crippen LogP contribution in [0.3, 0.4) is 0 Å². The summed E-state index contributed by atoms with van der Waals surface area (Å²) >= 11 is 0. The summed E-state index contributed by atoms with van der Waals surface area (Å²) in [5.74, 6) is 0.145. The smallest absolute Gasteiger partial charge is 0.319 e. The van der Waals surface area contributed by atoms with Gasteiger partial charge in [0.15, 0.2) is 11.5 Å². The van der Waals surface area contributed by atoms with E-state index in [4.69, 9.17) is 4.74 Å². The minimum atomic E-state index is -0.871. The molecule has 2 rings (SSSR count). The first-order valence-electron chi connectivity index (χ1n) is 5.41. The standard InChI is InChI=1S/C11H14N4O2/c1-4-17-10(16)11(2,3)9-14-13-8-6-5-7-12-15(8)9/h5-7H,4H2,1-3H3. The number of hydrogen-bond acceptors (Lipinski definition) is 5. The summed E-state index contributed by atoms with van der Waals surface area (Å²) in [6.45, 7) is 5.60. The van der Waals surface area contributed by atoms with Gasteiger partial charge in [-0.3, -0.25) is 4.79 Å². The van der Waals surface area contributed by atoms with Gasteiger partial charge in [-0.25, -0.2) is 0 Å². The second-order valence-electron chi connectivity index (χ2n) is 4.16. The molecule has 0 aromatic carbocycles. The van der Waals surface area contributed by atoms with Crippen molar-refractivity contribution < 1.29 is 9.53 Å². The van der Waals surface area contributed by atoms with Crippen LogP contribution in [0, 0.1) is 0 Å². The van der Waals surface area contributed by atoms with Crippen molar-refractivity contribution in [3.63, 3.8) is 0 Å². The molecule has 17 heavy (non-hydrogen) atoms. The minimum Gasteiger partial charge on any atom is -0.465 e. The van der Waals surface area contributed by atoms with Gasteiger partial charge in [0.1, 0.15) is 5.41 Å². The second-order valence-corrected chi connectivity index (χ2v) is 4.16. The van der Waals surface area contributed by atoms with Gasteiger partial charge in [-0.05, 0) is 32.9 Å². The van der Waals surface area contributed by atoms with Crippen LogP contribution < -0.4 is 0 Å². The first-order valence-corrected chi connectivity index (χ1v) is 5.41. The van der Waals surface area contributed by atoms with E-state index in [2.05, 4.69) is 15.3 Å². The molecule has 0 bridgehead atoms. The van der Waals surface area contributed by atoms with Crippen molar-refractivity contribution in [1.82, 2.24) is 19.8 Å². The van der Waals surface area contributed by atoms with Crippen molar-refractivity contribution in [1.29, 1.82) is 0 Å². The lowest BCUT2D eigenvalue weighted by Crippen LogP contribution is -2.33. The van der Waals surface area contributed by atoms with Gasteiger partial charge < -0.3 is 4.74 Å². The average Bonchev–Trinajstić information content (AvgIpc) is 2.73. The van der Waals surface area contributed by atoms with Gasteiger partial charge in [0.05, 0.1) is 6.61 Å². The molecule has 2 aromatic rings. The van der Waals surface area contributed by atoms with Gasteiger partial charge >= 0.3 is 5.97 Å². The summed E-state index contributed by atoms with van der Waals surface area (Å²) in [6.07, 6.45) is 1.63. The predicted octanol–water partition coefficient (Wildman–Crippen LogP) is 0.965. The number of aromatic nitrogens is 4. The van der Waals surface area contributed by atoms with Gasteiger partial charge in [0, 0.05) is 6.20 Å². The number of carbonyl (C=O) groups excluding carboxylic acids is 1. The first-order chi connectivity index (χ1) is 8.07. The molecule has 2 aromatic heterocycles. The van der Waals surface area contributed by atoms with Crippen molar-refractivity contribution in [3.8, 4) is 0 Å². The Morgan fingerprint density at radius 3 is 2.94 bits per heavy atom. The molecule has 0 aliphatic carbocycles. The molecule has 0 saturated heterocycles. The van der Waals surface area contributed by atoms with Gasteiger partial charge in [-0.1, -0.05) is 0 Å². The van der Waals surface area contributed by atoms with E-state index < -0.39 is 5.41 Å². The van der Waals surface area contributed by atoms with Crippen molar-refractivity contribution in [3.05, 3.63) is 24.2 Å². The van der Waals surface area contributed by atoms with Gasteiger partial charge in [-0.2, -0.15) is 9.61 Å². The monoisotopic (exact) mass is 234 g/mol. The zero-order valence-corrected chi connectivity index (χ0v) is 10.0. The molecular formula is C11H14N4O2. The van der Waals surface area contributed by atoms with Crippen LogP contribution in [0.15, 0.2) is 18.3 Å². The molecule has 0 amide bonds. The Hall–Kier alpha value is -1.98. The fraction of sp³-hybridized carbons (Fsp3) is 0.455. The molecule has 0 radical (unpaired) electrons. The van der Waals surface area contributed by atoms with Crippen LogP contribution in [-0.2, 0) is 14.9 Å². The number of carbonyl (C=O) groups is 1. The molecule has 0 aliphatic rings. The molecule has 0 saturated carbocycles. The number of fused-ring (bicyclic) bond motifs is 1. The Morgan fingerprint density at radius 1 is 1.47 bits per heavy atom. The van der Waals surface area contributed by atoms with E-state index in [0.717, 1.165) is 0 Å². The van der Waals surface area contributed by atoms with Crippen LogP contribution in [0.1, 0.15) is 26.6 Å². The van der Waals surface area contributed by atoms with Gasteiger partial charge in [-0.15, -0.1) is 10.2 Å². The quantitative estimate of drug-likeness (QED) is 0.740. The fourth-order valence-corrected chi connectivity index (χ4v) is 1.54. The third kappa shape index (κ3) is 1.86. The third-order valence-corrected chi connectivity index (χ3v) is 2.52. The molecule has 0 unspecified atom stereocenters. The molecule has 0 atom stereocenters. The number of rotatable bonds is 3. The van der Waals surface area contributed by atoms with Gasteiger partial charge in [0.25, 0.3) is 0 Å². The Bertz CT molecular complexity index is 547. The Kier molecular flexibility index (Phi) is 2.79. The Balaban J connectivity index is 2.48. The maximum Gasteiger partial charge on any atom is 0.319 e. The molecule has 90 valence electrons. The lowest BCUT2D eigenvalue weighted by Gasteiger charge is -2.19. The molecule has 6 heteroatoms. The number of nitrogens with zero attached hydrogens (tertiary/aromatic N) is 4. The van der Waals surface area contributed by atoms with E-state index in [1.165, 1.54) is 0 Å². The highest BCUT2D eigenvalue weighted by Gasteiger charge is 2.36. The predicted molar refractivity (Wildman–Crippen MR) is 60.4 cm³/mol. The number of ether oxygens (including phenoxy) is 1. The van der Waals surface area contributed by atoms with Crippen LogP contribution in [0.4, 0.5) is 0 Å². The molecule has 6 nitrogen and oxygen atoms in total. The van der Waals surface area contributed by atoms with E-state index in [1.807, 2.05) is 0 Å². The van der Waals surface area contributed by atoms with E-state index in [-0.39, 0.29) is 5.97 Å². The highest BCUT2D eigenvalue weighted by atomic mass is 16.5. The van der Waals surface area contributed by atoms with Crippen molar-refractivity contribution in [2.75, 3.05) is 6.61 Å². The largest absolute Gasteiger partial charge is 0.465 e. The summed E-state index contributed by atoms with van der Waals surface area (Å²) in [5.41, 5.74) is -0.260. The Morgan fingerprint density at radius 2 is 2.24 bits per heavy atom. The topological polar surface area (TPSA) is 69.4 Å². The zero-order chi connectivity index (χ0) is 12.5. The normalized spacial score (nSPS) is 11.7. The summed E-state index contributed by atoms with van der Waals surface area (Å²) in [4.78, 5) is 11.9. The molecule has 0 fully saturated rings. The lowest BCUT2D eigenvalue weighted by molar-refractivity contribution is -0.149. The average molecular weight is 234 g/mol. The minimum absolute atomic E-state index is 0.333. The summed E-state index contributed by atoms with van der Waals surface area (Å²) < 4.78 is 6.58. The Labute approximate surface area is 98.6 Å². The SMILES string of the molecule is CCOC(=O)C(C)(C)c1nnc2cccnn12. The summed E-state index contributed by atoms with van der Waals surface area (Å²) in [7, 11) is 0. The van der Waals surface area contributed by atoms with Crippen LogP contribution in [0.2, 0.25) is 0 Å². The fourth-order valence-electron chi connectivity index (χ4n) is 1.54. The lowest BCUT2D eigenvalue weighted by atomic mass is 9.93.